The zero-order chi connectivity index (χ0) is 14.5. The number of ether oxygens (including phenoxy) is 1. The Bertz CT molecular complexity index is 474. The molecule has 0 saturated carbocycles. The lowest BCUT2D eigenvalue weighted by Gasteiger charge is -2.31. The minimum atomic E-state index is 0.167. The molecule has 1 amide bonds. The van der Waals surface area contributed by atoms with Crippen molar-refractivity contribution in [3.05, 3.63) is 23.8 Å². The van der Waals surface area contributed by atoms with Crippen LogP contribution >= 0.6 is 0 Å². The van der Waals surface area contributed by atoms with Gasteiger partial charge in [-0.05, 0) is 43.4 Å². The van der Waals surface area contributed by atoms with Crippen molar-refractivity contribution < 1.29 is 9.53 Å². The van der Waals surface area contributed by atoms with Crippen molar-refractivity contribution >= 4 is 11.6 Å². The van der Waals surface area contributed by atoms with E-state index >= 15 is 0 Å². The van der Waals surface area contributed by atoms with Gasteiger partial charge in [0.1, 0.15) is 5.75 Å². The molecular formula is C16H24N2O2. The van der Waals surface area contributed by atoms with Crippen LogP contribution in [-0.2, 0) is 4.79 Å². The zero-order valence-corrected chi connectivity index (χ0v) is 12.6. The van der Waals surface area contributed by atoms with Crippen LogP contribution in [0.3, 0.4) is 0 Å². The molecule has 1 atom stereocenters. The van der Waals surface area contributed by atoms with Gasteiger partial charge in [0.05, 0.1) is 19.3 Å². The minimum absolute atomic E-state index is 0.167. The molecule has 1 aliphatic rings. The molecule has 2 rings (SSSR count). The molecule has 1 saturated heterocycles. The number of hydrogen-bond donors (Lipinski definition) is 1. The number of benzene rings is 1. The number of likely N-dealkylation sites (tertiary alicyclic amines) is 1. The standard InChI is InChI=1S/C16H24N2O2/c1-12-6-7-15(20-3)14(9-12)17-10-16(19)18-8-4-5-13(2)11-18/h6-7,9,13,17H,4-5,8,10-11H2,1-3H3. The first-order valence-electron chi connectivity index (χ1n) is 7.26. The van der Waals surface area contributed by atoms with Crippen molar-refractivity contribution in [2.75, 3.05) is 32.1 Å². The smallest absolute Gasteiger partial charge is 0.241 e. The lowest BCUT2D eigenvalue weighted by Crippen LogP contribution is -2.41. The van der Waals surface area contributed by atoms with Gasteiger partial charge in [0.25, 0.3) is 0 Å². The van der Waals surface area contributed by atoms with Gasteiger partial charge in [0.15, 0.2) is 0 Å². The summed E-state index contributed by atoms with van der Waals surface area (Å²) in [4.78, 5) is 14.2. The third-order valence-electron chi connectivity index (χ3n) is 3.79. The van der Waals surface area contributed by atoms with E-state index in [1.807, 2.05) is 30.0 Å². The molecule has 1 aliphatic heterocycles. The first-order valence-corrected chi connectivity index (χ1v) is 7.26. The molecule has 0 aliphatic carbocycles. The number of hydrogen-bond acceptors (Lipinski definition) is 3. The lowest BCUT2D eigenvalue weighted by atomic mass is 10.0. The van der Waals surface area contributed by atoms with Crippen LogP contribution in [0.2, 0.25) is 0 Å². The van der Waals surface area contributed by atoms with Gasteiger partial charge in [-0.25, -0.2) is 0 Å². The molecule has 1 fully saturated rings. The Labute approximate surface area is 121 Å². The Balaban J connectivity index is 1.94. The molecule has 1 aromatic rings. The molecule has 1 heterocycles. The molecule has 1 aromatic carbocycles. The van der Waals surface area contributed by atoms with E-state index in [1.54, 1.807) is 7.11 Å². The Kier molecular flexibility index (Phi) is 4.88. The van der Waals surface area contributed by atoms with Crippen LogP contribution in [0, 0.1) is 12.8 Å². The number of piperidine rings is 1. The fourth-order valence-electron chi connectivity index (χ4n) is 2.66. The molecule has 110 valence electrons. The van der Waals surface area contributed by atoms with Gasteiger partial charge in [0, 0.05) is 13.1 Å². The van der Waals surface area contributed by atoms with Gasteiger partial charge in [-0.15, -0.1) is 0 Å². The Morgan fingerprint density at radius 3 is 3.00 bits per heavy atom. The van der Waals surface area contributed by atoms with Crippen LogP contribution in [0.15, 0.2) is 18.2 Å². The molecular weight excluding hydrogens is 252 g/mol. The highest BCUT2D eigenvalue weighted by Crippen LogP contribution is 2.25. The van der Waals surface area contributed by atoms with E-state index in [9.17, 15) is 4.79 Å². The second-order valence-corrected chi connectivity index (χ2v) is 5.64. The molecule has 0 spiro atoms. The molecule has 4 nitrogen and oxygen atoms in total. The molecule has 1 N–H and O–H groups in total. The fraction of sp³-hybridized carbons (Fsp3) is 0.562. The predicted molar refractivity (Wildman–Crippen MR) is 81.2 cm³/mol. The first kappa shape index (κ1) is 14.7. The summed E-state index contributed by atoms with van der Waals surface area (Å²) in [6.07, 6.45) is 2.34. The molecule has 4 heteroatoms. The number of rotatable bonds is 4. The van der Waals surface area contributed by atoms with Crippen molar-refractivity contribution in [2.45, 2.75) is 26.7 Å². The number of carbonyl (C=O) groups excluding carboxylic acids is 1. The number of anilines is 1. The molecule has 20 heavy (non-hydrogen) atoms. The molecule has 1 unspecified atom stereocenters. The summed E-state index contributed by atoms with van der Waals surface area (Å²) in [5.74, 6) is 1.55. The molecule has 0 radical (unpaired) electrons. The van der Waals surface area contributed by atoms with Crippen LogP contribution in [0.5, 0.6) is 5.75 Å². The highest BCUT2D eigenvalue weighted by Gasteiger charge is 2.20. The van der Waals surface area contributed by atoms with Gasteiger partial charge >= 0.3 is 0 Å². The van der Waals surface area contributed by atoms with Crippen molar-refractivity contribution in [3.8, 4) is 5.75 Å². The predicted octanol–water partition coefficient (Wildman–Crippen LogP) is 2.67. The van der Waals surface area contributed by atoms with Gasteiger partial charge < -0.3 is 15.0 Å². The monoisotopic (exact) mass is 276 g/mol. The number of nitrogens with one attached hydrogen (secondary N) is 1. The van der Waals surface area contributed by atoms with Crippen molar-refractivity contribution in [2.24, 2.45) is 5.92 Å². The van der Waals surface area contributed by atoms with Crippen LogP contribution in [0.1, 0.15) is 25.3 Å². The maximum absolute atomic E-state index is 12.2. The first-order chi connectivity index (χ1) is 9.60. The minimum Gasteiger partial charge on any atom is -0.495 e. The Morgan fingerprint density at radius 2 is 2.30 bits per heavy atom. The van der Waals surface area contributed by atoms with Crippen LogP contribution in [-0.4, -0.2) is 37.6 Å². The average Bonchev–Trinajstić information content (AvgIpc) is 2.45. The number of nitrogens with zero attached hydrogens (tertiary/aromatic N) is 1. The second-order valence-electron chi connectivity index (χ2n) is 5.64. The van der Waals surface area contributed by atoms with E-state index in [-0.39, 0.29) is 5.91 Å². The van der Waals surface area contributed by atoms with E-state index in [0.29, 0.717) is 12.5 Å². The summed E-state index contributed by atoms with van der Waals surface area (Å²) >= 11 is 0. The van der Waals surface area contributed by atoms with Crippen LogP contribution in [0.4, 0.5) is 5.69 Å². The summed E-state index contributed by atoms with van der Waals surface area (Å²) in [5.41, 5.74) is 2.03. The topological polar surface area (TPSA) is 41.6 Å². The van der Waals surface area contributed by atoms with E-state index in [0.717, 1.165) is 36.5 Å². The number of amides is 1. The maximum atomic E-state index is 12.2. The second kappa shape index (κ2) is 6.64. The zero-order valence-electron chi connectivity index (χ0n) is 12.6. The highest BCUT2D eigenvalue weighted by atomic mass is 16.5. The number of carbonyl (C=O) groups is 1. The highest BCUT2D eigenvalue weighted by molar-refractivity contribution is 5.81. The van der Waals surface area contributed by atoms with Crippen LogP contribution in [0.25, 0.3) is 0 Å². The average molecular weight is 276 g/mol. The normalized spacial score (nSPS) is 18.8. The van der Waals surface area contributed by atoms with Gasteiger partial charge in [0.2, 0.25) is 5.91 Å². The van der Waals surface area contributed by atoms with E-state index in [4.69, 9.17) is 4.74 Å². The van der Waals surface area contributed by atoms with E-state index < -0.39 is 0 Å². The van der Waals surface area contributed by atoms with E-state index in [2.05, 4.69) is 12.2 Å². The number of methoxy groups -OCH3 is 1. The quantitative estimate of drug-likeness (QED) is 0.919. The van der Waals surface area contributed by atoms with E-state index in [1.165, 1.54) is 6.42 Å². The third-order valence-corrected chi connectivity index (χ3v) is 3.79. The van der Waals surface area contributed by atoms with Crippen molar-refractivity contribution in [1.82, 2.24) is 4.90 Å². The maximum Gasteiger partial charge on any atom is 0.241 e. The van der Waals surface area contributed by atoms with Crippen LogP contribution < -0.4 is 10.1 Å². The third kappa shape index (κ3) is 3.65. The van der Waals surface area contributed by atoms with Crippen molar-refractivity contribution in [1.29, 1.82) is 0 Å². The molecule has 0 bridgehead atoms. The molecule has 0 aromatic heterocycles. The van der Waals surface area contributed by atoms with Gasteiger partial charge in [-0.3, -0.25) is 4.79 Å². The summed E-state index contributed by atoms with van der Waals surface area (Å²) < 4.78 is 5.31. The lowest BCUT2D eigenvalue weighted by molar-refractivity contribution is -0.130. The number of aryl methyl sites for hydroxylation is 1. The van der Waals surface area contributed by atoms with Crippen molar-refractivity contribution in [3.63, 3.8) is 0 Å². The summed E-state index contributed by atoms with van der Waals surface area (Å²) in [6.45, 7) is 6.32. The summed E-state index contributed by atoms with van der Waals surface area (Å²) in [7, 11) is 1.64. The summed E-state index contributed by atoms with van der Waals surface area (Å²) in [5, 5.41) is 3.20. The van der Waals surface area contributed by atoms with Gasteiger partial charge in [-0.1, -0.05) is 13.0 Å². The SMILES string of the molecule is COc1ccc(C)cc1NCC(=O)N1CCCC(C)C1. The fourth-order valence-corrected chi connectivity index (χ4v) is 2.66. The Morgan fingerprint density at radius 1 is 1.50 bits per heavy atom. The van der Waals surface area contributed by atoms with Gasteiger partial charge in [-0.2, -0.15) is 0 Å². The largest absolute Gasteiger partial charge is 0.495 e. The Hall–Kier alpha value is -1.71. The summed E-state index contributed by atoms with van der Waals surface area (Å²) in [6, 6.07) is 5.92.